The monoisotopic (exact) mass is 2020 g/mol. The van der Waals surface area contributed by atoms with Crippen LogP contribution in [0.4, 0.5) is 0 Å². The van der Waals surface area contributed by atoms with Gasteiger partial charge in [0.1, 0.15) is 42.5 Å². The molecule has 0 fully saturated rings. The van der Waals surface area contributed by atoms with Gasteiger partial charge in [0.15, 0.2) is 0 Å². The molecule has 0 saturated carbocycles. The Balaban J connectivity index is -0.000000117. The Morgan fingerprint density at radius 3 is 1.07 bits per heavy atom. The predicted molar refractivity (Wildman–Crippen MR) is 399 cm³/mol. The van der Waals surface area contributed by atoms with E-state index >= 15 is 0 Å². The third kappa shape index (κ3) is 64.0. The van der Waals surface area contributed by atoms with E-state index in [0.29, 0.717) is 6.54 Å². The molecule has 506 valence electrons. The molecule has 0 spiro atoms. The van der Waals surface area contributed by atoms with E-state index in [0.717, 1.165) is 22.3 Å². The van der Waals surface area contributed by atoms with Gasteiger partial charge < -0.3 is 46.1 Å². The first-order valence-corrected chi connectivity index (χ1v) is 55.5. The fourth-order valence-corrected chi connectivity index (χ4v) is 8.51. The summed E-state index contributed by atoms with van der Waals surface area (Å²) in [6.45, 7) is 39.9. The number of aryl methyl sites for hydroxylation is 4. The Bertz CT molecular complexity index is 2570. The predicted octanol–water partition coefficient (Wildman–Crippen LogP) is 15.1. The van der Waals surface area contributed by atoms with Gasteiger partial charge in [0.25, 0.3) is 10.1 Å². The summed E-state index contributed by atoms with van der Waals surface area (Å²) in [7, 11) is -11.5. The zero-order chi connectivity index (χ0) is 67.3. The average Bonchev–Trinajstić information content (AvgIpc) is 3.34. The zero-order valence-electron chi connectivity index (χ0n) is 52.5. The minimum atomic E-state index is -4.27. The van der Waals surface area contributed by atoms with Crippen molar-refractivity contribution in [3.05, 3.63) is 137 Å². The molecule has 0 aliphatic rings. The standard InChI is InChI=1S/C13H19NO2.C11H27NO2Si2.C8H9.2C7H8O3S.2C5H11NO2.2CH4.I2.3HI.2V.Y/c1-9(2)12(13(15)16)14-8-11-6-4-10(3)5-7-11;1-9(2)10(12-15(3,4)5)11(13)14-16(6,7)8;1-7-3-5-8(2)6-4-7;2*1-6-2-4-7(5-3-6)11(8,9)10;2*1-3(2)4(6)5(7)8;;;1-2;;;;;;/h4-7,9,12,14H,8H2,1-3H3,(H,15,16);9-10,12H,1-8H3;3-6H,1H2,2H3;2*2-5H,1H3,(H,8,9,10);2*3-4H,6H2,1-2H3,(H,7,8);2*1H4;;3*1H;;;/q;;-1;;;;;;;;;;;;+3;/p-4. The van der Waals surface area contributed by atoms with Crippen LogP contribution in [0.1, 0.15) is 104 Å². The average molecular weight is 2020 g/mol. The van der Waals surface area contributed by atoms with E-state index in [2.05, 4.69) is 167 Å². The number of aliphatic carboxylic acids is 3. The number of carboxylic acids is 3. The summed E-state index contributed by atoms with van der Waals surface area (Å²) in [4.78, 5) is 46.0. The first-order chi connectivity index (χ1) is 38.0. The summed E-state index contributed by atoms with van der Waals surface area (Å²) in [5.74, 6) is -2.32. The molecule has 88 heavy (non-hydrogen) atoms. The van der Waals surface area contributed by atoms with Crippen LogP contribution < -0.4 is 21.8 Å². The Morgan fingerprint density at radius 2 is 0.864 bits per heavy atom. The fourth-order valence-electron chi connectivity index (χ4n) is 5.44. The minimum Gasteiger partial charge on any atom is 0 e. The summed E-state index contributed by atoms with van der Waals surface area (Å²) in [5.41, 5.74) is 16.9. The summed E-state index contributed by atoms with van der Waals surface area (Å²) >= 11 is 11.6. The van der Waals surface area contributed by atoms with Crippen molar-refractivity contribution in [3.63, 3.8) is 0 Å². The molecule has 0 aliphatic heterocycles. The van der Waals surface area contributed by atoms with Crippen LogP contribution in [-0.2, 0) is 107 Å². The maximum absolute atomic E-state index is 12.1. The largest absolute Gasteiger partial charge is 0 e. The fraction of sp³-hybridized carbons (Fsp3) is 0.500. The van der Waals surface area contributed by atoms with E-state index < -0.39 is 72.8 Å². The quantitative estimate of drug-likeness (QED) is 0.0224. The number of carbonyl (C=O) groups excluding carboxylic acids is 1. The third-order valence-corrected chi connectivity index (χ3v) is 14.0. The van der Waals surface area contributed by atoms with Crippen molar-refractivity contribution in [1.82, 2.24) is 10.3 Å². The Labute approximate surface area is 630 Å². The first kappa shape index (κ1) is 107. The van der Waals surface area contributed by atoms with Gasteiger partial charge in [0.05, 0.1) is 9.79 Å². The molecular formula is C58H100I5N4O14S2Si2V2Y-2. The molecule has 0 amide bonds. The number of nitrogens with two attached hydrogens (primary N) is 2. The smallest absolute Gasteiger partial charge is 0 e. The molecule has 4 atom stereocenters. The van der Waals surface area contributed by atoms with E-state index in [4.69, 9.17) is 35.8 Å². The van der Waals surface area contributed by atoms with E-state index in [1.165, 1.54) is 35.4 Å². The summed E-state index contributed by atoms with van der Waals surface area (Å²) in [6.07, 6.45) is 0. The summed E-state index contributed by atoms with van der Waals surface area (Å²) < 4.78 is 66.3. The molecule has 18 nitrogen and oxygen atoms in total. The second-order valence-electron chi connectivity index (χ2n) is 22.0. The summed E-state index contributed by atoms with van der Waals surface area (Å²) in [6, 6.07) is 25.9. The SMILES string of the molecule is C.C.CC(C)C(N)C(=O)O.CC(C)C(N)C(=O)O.CC(C)C(N[Si](C)(C)C)C(=O)O[Si](C)(C)C.Cc1ccc(CNC(C(=O)O)C(C)C)cc1.Cc1ccc(S(=O)(=O)O)cc1.Cc1ccc(S(=O)(=O)[O-])cc1.II.[CH2-]c1ccc(C)cc1.[I][V]([I])[I].[V].[Y]. The maximum Gasteiger partial charge on any atom is 0 e. The maximum atomic E-state index is 12.1. The van der Waals surface area contributed by atoms with E-state index in [9.17, 15) is 40.6 Å². The Morgan fingerprint density at radius 1 is 0.580 bits per heavy atom. The molecular weight excluding hydrogens is 1920 g/mol. The van der Waals surface area contributed by atoms with Gasteiger partial charge in [0, 0.05) is 95.0 Å². The van der Waals surface area contributed by atoms with Crippen molar-refractivity contribution in [2.24, 2.45) is 35.1 Å². The van der Waals surface area contributed by atoms with Crippen LogP contribution in [0.5, 0.6) is 0 Å². The van der Waals surface area contributed by atoms with Gasteiger partial charge >= 0.3 is 88.7 Å². The van der Waals surface area contributed by atoms with Crippen molar-refractivity contribution in [2.45, 2.75) is 178 Å². The second-order valence-corrected chi connectivity index (χ2v) is 69.4. The molecule has 0 bridgehead atoms. The third-order valence-electron chi connectivity index (χ3n) is 10.3. The molecule has 4 aromatic carbocycles. The molecule has 4 rings (SSSR count). The number of carbonyl (C=O) groups is 4. The van der Waals surface area contributed by atoms with Gasteiger partial charge in [-0.05, 0) is 101 Å². The van der Waals surface area contributed by atoms with E-state index in [-0.39, 0.29) is 117 Å². The van der Waals surface area contributed by atoms with Crippen LogP contribution in [0, 0.1) is 58.3 Å². The van der Waals surface area contributed by atoms with Gasteiger partial charge in [-0.2, -0.15) is 33.0 Å². The van der Waals surface area contributed by atoms with Gasteiger partial charge in [-0.25, -0.2) is 8.42 Å². The molecule has 30 heteroatoms. The second kappa shape index (κ2) is 56.8. The van der Waals surface area contributed by atoms with Crippen molar-refractivity contribution >= 4 is 158 Å². The van der Waals surface area contributed by atoms with Crippen molar-refractivity contribution < 1.29 is 121 Å². The zero-order valence-corrected chi connectivity index (χ0v) is 72.5. The normalized spacial score (nSPS) is 11.8. The molecule has 0 aromatic heterocycles. The van der Waals surface area contributed by atoms with Gasteiger partial charge in [-0.1, -0.05) is 161 Å². The molecule has 0 heterocycles. The number of halogens is 5. The van der Waals surface area contributed by atoms with Crippen molar-refractivity contribution in [3.8, 4) is 0 Å². The number of rotatable bonds is 16. The number of hydrogen-bond acceptors (Lipinski definition) is 14. The van der Waals surface area contributed by atoms with Crippen LogP contribution in [0.15, 0.2) is 107 Å². The number of carboxylic acid groups (broad SMARTS) is 3. The summed E-state index contributed by atoms with van der Waals surface area (Å²) in [5, 5.41) is 28.5. The van der Waals surface area contributed by atoms with Crippen molar-refractivity contribution in [2.75, 3.05) is 0 Å². The van der Waals surface area contributed by atoms with Crippen LogP contribution in [0.25, 0.3) is 0 Å². The van der Waals surface area contributed by atoms with E-state index in [1.54, 1.807) is 52.0 Å². The molecule has 4 unspecified atom stereocenters. The Kier molecular flexibility index (Phi) is 69.3. The minimum absolute atomic E-state index is 0. The molecule has 0 aliphatic carbocycles. The van der Waals surface area contributed by atoms with Crippen LogP contribution >= 0.6 is 97.2 Å². The van der Waals surface area contributed by atoms with Crippen LogP contribution in [0.2, 0.25) is 39.3 Å². The first-order valence-electron chi connectivity index (χ1n) is 25.9. The molecule has 4 aromatic rings. The molecule has 2 radical (unpaired) electrons. The van der Waals surface area contributed by atoms with Crippen LogP contribution in [0.3, 0.4) is 0 Å². The van der Waals surface area contributed by atoms with Crippen LogP contribution in [-0.4, -0.2) is 106 Å². The van der Waals surface area contributed by atoms with Gasteiger partial charge in [-0.15, -0.1) is 12.1 Å². The Hall–Kier alpha value is 0.646. The van der Waals surface area contributed by atoms with Gasteiger partial charge in [-0.3, -0.25) is 23.7 Å². The molecule has 10 N–H and O–H groups in total. The number of benzene rings is 4. The number of hydrogen-bond donors (Lipinski definition) is 8. The van der Waals surface area contributed by atoms with E-state index in [1.807, 2.05) is 90.7 Å². The van der Waals surface area contributed by atoms with Gasteiger partial charge in [0.2, 0.25) is 8.32 Å². The topological polar surface area (TPSA) is 326 Å². The van der Waals surface area contributed by atoms with Crippen molar-refractivity contribution in [1.29, 1.82) is 0 Å². The molecule has 0 saturated heterocycles. The number of nitrogens with one attached hydrogen (secondary N) is 2.